The quantitative estimate of drug-likeness (QED) is 0.228. The molecule has 0 spiro atoms. The fourth-order valence-corrected chi connectivity index (χ4v) is 8.35. The normalized spacial score (nSPS) is 22.5. The van der Waals surface area contributed by atoms with E-state index in [0.29, 0.717) is 13.0 Å². The van der Waals surface area contributed by atoms with Gasteiger partial charge >= 0.3 is 12.2 Å². The molecular weight excluding hydrogens is 654 g/mol. The van der Waals surface area contributed by atoms with Gasteiger partial charge in [0.25, 0.3) is 0 Å². The number of likely N-dealkylation sites (tertiary alicyclic amines) is 2. The smallest absolute Gasteiger partial charge is 0.411 e. The number of benzene rings is 3. The number of imidazole rings is 1. The number of ether oxygens (including phenoxy) is 3. The Labute approximate surface area is 305 Å². The molecule has 10 heteroatoms. The Morgan fingerprint density at radius 3 is 2.19 bits per heavy atom. The molecule has 4 aromatic rings. The molecule has 1 aromatic heterocycles. The van der Waals surface area contributed by atoms with E-state index in [1.165, 1.54) is 5.56 Å². The van der Waals surface area contributed by atoms with Gasteiger partial charge in [0.1, 0.15) is 29.4 Å². The Morgan fingerprint density at radius 1 is 0.827 bits per heavy atom. The van der Waals surface area contributed by atoms with E-state index in [0.717, 1.165) is 87.4 Å². The number of aliphatic imine (C=N–C) groups is 1. The lowest BCUT2D eigenvalue weighted by Gasteiger charge is -2.31. The van der Waals surface area contributed by atoms with E-state index in [4.69, 9.17) is 24.2 Å². The Morgan fingerprint density at radius 2 is 1.50 bits per heavy atom. The van der Waals surface area contributed by atoms with Crippen LogP contribution in [0.25, 0.3) is 33.2 Å². The van der Waals surface area contributed by atoms with Crippen molar-refractivity contribution in [1.29, 1.82) is 0 Å². The molecule has 2 amide bonds. The number of H-pyrrole nitrogens is 1. The minimum atomic E-state index is -0.562. The molecule has 0 saturated carbocycles. The van der Waals surface area contributed by atoms with Crippen LogP contribution in [0.3, 0.4) is 0 Å². The van der Waals surface area contributed by atoms with Gasteiger partial charge in [0, 0.05) is 29.8 Å². The lowest BCUT2D eigenvalue weighted by atomic mass is 9.91. The minimum absolute atomic E-state index is 0.0705. The molecular formula is C42H49N5O5. The van der Waals surface area contributed by atoms with Crippen LogP contribution in [0.5, 0.6) is 5.75 Å². The maximum atomic E-state index is 13.2. The summed E-state index contributed by atoms with van der Waals surface area (Å²) < 4.78 is 18.0. The highest BCUT2D eigenvalue weighted by Crippen LogP contribution is 2.45. The van der Waals surface area contributed by atoms with Crippen molar-refractivity contribution in [3.63, 3.8) is 0 Å². The molecule has 52 heavy (non-hydrogen) atoms. The summed E-state index contributed by atoms with van der Waals surface area (Å²) in [6.45, 7) is 16.0. The molecule has 4 aliphatic heterocycles. The molecule has 2 saturated heterocycles. The summed E-state index contributed by atoms with van der Waals surface area (Å²) in [7, 11) is 0. The number of nitrogens with one attached hydrogen (secondary N) is 1. The van der Waals surface area contributed by atoms with E-state index < -0.39 is 11.2 Å². The van der Waals surface area contributed by atoms with E-state index in [1.54, 1.807) is 0 Å². The second kappa shape index (κ2) is 12.4. The van der Waals surface area contributed by atoms with Gasteiger partial charge in [-0.3, -0.25) is 14.8 Å². The summed E-state index contributed by atoms with van der Waals surface area (Å²) >= 11 is 0. The maximum Gasteiger partial charge on any atom is 0.411 e. The van der Waals surface area contributed by atoms with Gasteiger partial charge in [0.15, 0.2) is 0 Å². The molecule has 4 aliphatic rings. The zero-order valence-electron chi connectivity index (χ0n) is 31.5. The van der Waals surface area contributed by atoms with Crippen LogP contribution in [0.15, 0.2) is 53.7 Å². The van der Waals surface area contributed by atoms with Gasteiger partial charge in [-0.05, 0) is 138 Å². The van der Waals surface area contributed by atoms with Crippen molar-refractivity contribution < 1.29 is 23.8 Å². The van der Waals surface area contributed by atoms with E-state index in [2.05, 4.69) is 61.3 Å². The summed E-state index contributed by atoms with van der Waals surface area (Å²) in [5, 5.41) is 2.27. The molecule has 0 aliphatic carbocycles. The van der Waals surface area contributed by atoms with Crippen molar-refractivity contribution in [3.8, 4) is 28.1 Å². The van der Waals surface area contributed by atoms with Crippen molar-refractivity contribution in [3.05, 3.63) is 65.6 Å². The first-order valence-electron chi connectivity index (χ1n) is 18.6. The number of carbonyl (C=O) groups excluding carboxylic acids is 2. The first-order valence-corrected chi connectivity index (χ1v) is 18.6. The van der Waals surface area contributed by atoms with Crippen LogP contribution in [0.1, 0.15) is 104 Å². The lowest BCUT2D eigenvalue weighted by Crippen LogP contribution is -2.46. The number of rotatable bonds is 3. The molecule has 4 atom stereocenters. The number of aromatic amines is 1. The number of hydrogen-bond donors (Lipinski definition) is 1. The Bertz CT molecular complexity index is 2120. The molecule has 1 N–H and O–H groups in total. The number of nitrogens with zero attached hydrogens (tertiary/aromatic N) is 4. The summed E-state index contributed by atoms with van der Waals surface area (Å²) in [5.74, 6) is 1.64. The number of fused-ring (bicyclic) bond motifs is 6. The van der Waals surface area contributed by atoms with Gasteiger partial charge in [-0.25, -0.2) is 14.6 Å². The molecule has 5 heterocycles. The van der Waals surface area contributed by atoms with Crippen LogP contribution in [0, 0.1) is 0 Å². The van der Waals surface area contributed by atoms with Gasteiger partial charge in [0.2, 0.25) is 0 Å². The summed E-state index contributed by atoms with van der Waals surface area (Å²) in [5.41, 5.74) is 7.30. The van der Waals surface area contributed by atoms with Crippen LogP contribution in [-0.4, -0.2) is 67.0 Å². The molecule has 0 radical (unpaired) electrons. The summed E-state index contributed by atoms with van der Waals surface area (Å²) in [4.78, 5) is 43.4. The van der Waals surface area contributed by atoms with Crippen LogP contribution >= 0.6 is 0 Å². The van der Waals surface area contributed by atoms with Crippen LogP contribution in [0.4, 0.5) is 15.3 Å². The van der Waals surface area contributed by atoms with Crippen LogP contribution in [-0.2, 0) is 22.5 Å². The number of carbonyl (C=O) groups is 2. The van der Waals surface area contributed by atoms with Crippen LogP contribution in [0.2, 0.25) is 0 Å². The highest BCUT2D eigenvalue weighted by atomic mass is 16.6. The fraction of sp³-hybridized carbons (Fsp3) is 0.476. The number of aromatic nitrogens is 2. The predicted molar refractivity (Wildman–Crippen MR) is 202 cm³/mol. The Balaban J connectivity index is 1.03. The van der Waals surface area contributed by atoms with Crippen molar-refractivity contribution in [1.82, 2.24) is 19.8 Å². The van der Waals surface area contributed by atoms with Crippen LogP contribution < -0.4 is 4.74 Å². The van der Waals surface area contributed by atoms with E-state index >= 15 is 0 Å². The van der Waals surface area contributed by atoms with E-state index in [9.17, 15) is 9.59 Å². The zero-order chi connectivity index (χ0) is 36.7. The van der Waals surface area contributed by atoms with Gasteiger partial charge in [0.05, 0.1) is 29.7 Å². The van der Waals surface area contributed by atoms with Crippen molar-refractivity contribution in [2.45, 2.75) is 129 Å². The van der Waals surface area contributed by atoms with Crippen molar-refractivity contribution >= 4 is 34.4 Å². The third-order valence-electron chi connectivity index (χ3n) is 10.8. The first kappa shape index (κ1) is 34.2. The third kappa shape index (κ3) is 6.20. The number of amides is 2. The Hall–Kier alpha value is -4.86. The maximum absolute atomic E-state index is 13.2. The molecule has 8 rings (SSSR count). The van der Waals surface area contributed by atoms with Gasteiger partial charge in [-0.15, -0.1) is 0 Å². The second-order valence-corrected chi connectivity index (χ2v) is 16.9. The third-order valence-corrected chi connectivity index (χ3v) is 10.8. The second-order valence-electron chi connectivity index (χ2n) is 16.9. The standard InChI is InChI=1S/C42H49N5O5/c1-23-9-15-35(46(23)39(48)51-41(3,4)5)33-19-30-29-20-37-31(18-25(29)12-14-32(30)44-33)28-13-11-26(17-27(28)22-50-37)34-21-43-38(45-34)36-16-10-24(2)47(36)40(49)52-42(6,7)8/h11-14,17-18,20-21,23-24,35-36H,9-10,15-16,19,22H2,1-8H3,(H,43,45)/t23-,24-,35?,36-/m0/s1. The molecule has 10 nitrogen and oxygen atoms in total. The number of hydrogen-bond acceptors (Lipinski definition) is 7. The first-order chi connectivity index (χ1) is 24.6. The largest absolute Gasteiger partial charge is 0.488 e. The predicted octanol–water partition coefficient (Wildman–Crippen LogP) is 9.67. The fourth-order valence-electron chi connectivity index (χ4n) is 8.35. The molecule has 2 fully saturated rings. The highest BCUT2D eigenvalue weighted by molar-refractivity contribution is 6.06. The minimum Gasteiger partial charge on any atom is -0.488 e. The molecule has 272 valence electrons. The Kier molecular flexibility index (Phi) is 8.15. The molecule has 3 aromatic carbocycles. The molecule has 0 bridgehead atoms. The summed E-state index contributed by atoms with van der Waals surface area (Å²) in [6, 6.07) is 15.1. The van der Waals surface area contributed by atoms with Gasteiger partial charge < -0.3 is 19.2 Å². The highest BCUT2D eigenvalue weighted by Gasteiger charge is 2.42. The van der Waals surface area contributed by atoms with E-state index in [-0.39, 0.29) is 36.4 Å². The van der Waals surface area contributed by atoms with Gasteiger partial charge in [-0.1, -0.05) is 18.2 Å². The lowest BCUT2D eigenvalue weighted by molar-refractivity contribution is 0.0149. The molecule has 1 unspecified atom stereocenters. The van der Waals surface area contributed by atoms with Crippen molar-refractivity contribution in [2.24, 2.45) is 4.99 Å². The SMILES string of the molecule is C[C@H]1CCC(C2=Nc3ccc4cc5c(cc4c3C2)OCc2cc(-c3cnc([C@@H]4CC[C@H](C)N4C(=O)OC(C)(C)C)[nH]3)ccc2-5)N1C(=O)OC(C)(C)C. The van der Waals surface area contributed by atoms with Gasteiger partial charge in [-0.2, -0.15) is 0 Å². The summed E-state index contributed by atoms with van der Waals surface area (Å²) in [6.07, 6.45) is 5.52. The topological polar surface area (TPSA) is 109 Å². The van der Waals surface area contributed by atoms with E-state index in [1.807, 2.05) is 57.5 Å². The monoisotopic (exact) mass is 703 g/mol. The van der Waals surface area contributed by atoms with Crippen molar-refractivity contribution in [2.75, 3.05) is 0 Å². The average molecular weight is 704 g/mol. The zero-order valence-corrected chi connectivity index (χ0v) is 31.5. The average Bonchev–Trinajstić information content (AvgIpc) is 3.87.